The van der Waals surface area contributed by atoms with Crippen molar-refractivity contribution in [1.82, 2.24) is 14.9 Å². The van der Waals surface area contributed by atoms with Crippen LogP contribution in [0.4, 0.5) is 5.82 Å². The quantitative estimate of drug-likeness (QED) is 0.833. The first-order chi connectivity index (χ1) is 12.4. The molecule has 1 fully saturated rings. The largest absolute Gasteiger partial charge is 0.365 e. The fourth-order valence-electron chi connectivity index (χ4n) is 2.78. The van der Waals surface area contributed by atoms with Crippen LogP contribution in [0, 0.1) is 0 Å². The summed E-state index contributed by atoms with van der Waals surface area (Å²) in [5.74, 6) is 0.302. The van der Waals surface area contributed by atoms with Gasteiger partial charge in [0.05, 0.1) is 23.9 Å². The topological polar surface area (TPSA) is 92.3 Å². The van der Waals surface area contributed by atoms with Crippen molar-refractivity contribution in [2.45, 2.75) is 19.0 Å². The van der Waals surface area contributed by atoms with E-state index in [1.54, 1.807) is 7.05 Å². The molecule has 0 spiro atoms. The van der Waals surface area contributed by atoms with Gasteiger partial charge in [0.15, 0.2) is 9.84 Å². The number of nitrogens with one attached hydrogen (secondary N) is 1. The van der Waals surface area contributed by atoms with Gasteiger partial charge in [-0.3, -0.25) is 4.79 Å². The second kappa shape index (κ2) is 7.59. The molecule has 1 N–H and O–H groups in total. The number of nitrogens with zero attached hydrogens (tertiary/aromatic N) is 3. The van der Waals surface area contributed by atoms with Gasteiger partial charge in [0.1, 0.15) is 11.5 Å². The molecule has 0 saturated carbocycles. The summed E-state index contributed by atoms with van der Waals surface area (Å²) in [6, 6.07) is 7.16. The number of hydrogen-bond acceptors (Lipinski definition) is 6. The van der Waals surface area contributed by atoms with Gasteiger partial charge in [-0.25, -0.2) is 18.4 Å². The third kappa shape index (κ3) is 4.31. The monoisotopic (exact) mass is 394 g/mol. The lowest BCUT2D eigenvalue weighted by molar-refractivity contribution is 0.0741. The van der Waals surface area contributed by atoms with E-state index < -0.39 is 9.84 Å². The summed E-state index contributed by atoms with van der Waals surface area (Å²) in [4.78, 5) is 22.2. The zero-order valence-electron chi connectivity index (χ0n) is 14.2. The van der Waals surface area contributed by atoms with Crippen molar-refractivity contribution in [3.8, 4) is 0 Å². The maximum atomic E-state index is 12.5. The minimum absolute atomic E-state index is 0.000142. The lowest BCUT2D eigenvalue weighted by Crippen LogP contribution is -2.38. The minimum Gasteiger partial charge on any atom is -0.365 e. The number of aromatic nitrogens is 2. The molecule has 1 amide bonds. The SMILES string of the molecule is CN(C(=O)c1cnc(NCc2ccccc2Cl)cn1)C1CCS(=O)(=O)C1. The van der Waals surface area contributed by atoms with E-state index >= 15 is 0 Å². The Bertz CT molecular complexity index is 902. The summed E-state index contributed by atoms with van der Waals surface area (Å²) in [7, 11) is -1.45. The van der Waals surface area contributed by atoms with Gasteiger partial charge < -0.3 is 10.2 Å². The van der Waals surface area contributed by atoms with Crippen LogP contribution in [0.3, 0.4) is 0 Å². The Labute approximate surface area is 157 Å². The first-order valence-corrected chi connectivity index (χ1v) is 10.3. The zero-order chi connectivity index (χ0) is 18.7. The predicted octanol–water partition coefficient (Wildman–Crippen LogP) is 2.00. The van der Waals surface area contributed by atoms with Gasteiger partial charge >= 0.3 is 0 Å². The van der Waals surface area contributed by atoms with E-state index in [9.17, 15) is 13.2 Å². The molecule has 9 heteroatoms. The van der Waals surface area contributed by atoms with Crippen LogP contribution in [0.15, 0.2) is 36.7 Å². The Morgan fingerprint density at radius 1 is 1.31 bits per heavy atom. The highest BCUT2D eigenvalue weighted by Crippen LogP contribution is 2.19. The molecule has 0 radical (unpaired) electrons. The van der Waals surface area contributed by atoms with Crippen molar-refractivity contribution in [3.63, 3.8) is 0 Å². The number of amides is 1. The Balaban J connectivity index is 1.62. The predicted molar refractivity (Wildman–Crippen MR) is 100.0 cm³/mol. The van der Waals surface area contributed by atoms with Crippen LogP contribution >= 0.6 is 11.6 Å². The number of hydrogen-bond donors (Lipinski definition) is 1. The number of sulfone groups is 1. The van der Waals surface area contributed by atoms with E-state index in [2.05, 4.69) is 15.3 Å². The number of anilines is 1. The first-order valence-electron chi connectivity index (χ1n) is 8.12. The summed E-state index contributed by atoms with van der Waals surface area (Å²) in [5.41, 5.74) is 1.11. The Morgan fingerprint density at radius 2 is 2.08 bits per heavy atom. The second-order valence-electron chi connectivity index (χ2n) is 6.20. The fraction of sp³-hybridized carbons (Fsp3) is 0.353. The normalized spacial score (nSPS) is 18.5. The van der Waals surface area contributed by atoms with E-state index in [0.717, 1.165) is 5.56 Å². The molecular weight excluding hydrogens is 376 g/mol. The zero-order valence-corrected chi connectivity index (χ0v) is 15.8. The Hall–Kier alpha value is -2.19. The lowest BCUT2D eigenvalue weighted by Gasteiger charge is -2.22. The van der Waals surface area contributed by atoms with Gasteiger partial charge in [-0.2, -0.15) is 0 Å². The number of carbonyl (C=O) groups excluding carboxylic acids is 1. The molecule has 1 aromatic heterocycles. The van der Waals surface area contributed by atoms with Crippen LogP contribution in [-0.2, 0) is 16.4 Å². The molecule has 26 heavy (non-hydrogen) atoms. The molecular formula is C17H19ClN4O3S. The maximum absolute atomic E-state index is 12.5. The van der Waals surface area contributed by atoms with Crippen LogP contribution in [0.1, 0.15) is 22.5 Å². The molecule has 1 aliphatic heterocycles. The van der Waals surface area contributed by atoms with Crippen molar-refractivity contribution < 1.29 is 13.2 Å². The van der Waals surface area contributed by atoms with Gasteiger partial charge in [0, 0.05) is 24.7 Å². The van der Waals surface area contributed by atoms with Crippen LogP contribution in [0.5, 0.6) is 0 Å². The molecule has 138 valence electrons. The smallest absolute Gasteiger partial charge is 0.274 e. The molecule has 2 aromatic rings. The third-order valence-corrected chi connectivity index (χ3v) is 6.48. The van der Waals surface area contributed by atoms with Gasteiger partial charge in [-0.15, -0.1) is 0 Å². The van der Waals surface area contributed by atoms with Crippen molar-refractivity contribution in [1.29, 1.82) is 0 Å². The molecule has 0 aliphatic carbocycles. The second-order valence-corrected chi connectivity index (χ2v) is 8.84. The third-order valence-electron chi connectivity index (χ3n) is 4.37. The minimum atomic E-state index is -3.05. The highest BCUT2D eigenvalue weighted by molar-refractivity contribution is 7.91. The van der Waals surface area contributed by atoms with Crippen molar-refractivity contribution in [3.05, 3.63) is 52.9 Å². The first kappa shape index (κ1) is 18.6. The molecule has 1 unspecified atom stereocenters. The fourth-order valence-corrected chi connectivity index (χ4v) is 4.76. The lowest BCUT2D eigenvalue weighted by atomic mass is 10.2. The average molecular weight is 395 g/mol. The molecule has 3 rings (SSSR count). The highest BCUT2D eigenvalue weighted by atomic mass is 35.5. The molecule has 1 aromatic carbocycles. The van der Waals surface area contributed by atoms with Crippen molar-refractivity contribution >= 4 is 33.2 Å². The summed E-state index contributed by atoms with van der Waals surface area (Å²) in [5, 5.41) is 3.76. The van der Waals surface area contributed by atoms with Gasteiger partial charge in [0.2, 0.25) is 0 Å². The van der Waals surface area contributed by atoms with Crippen LogP contribution in [-0.4, -0.2) is 53.8 Å². The van der Waals surface area contributed by atoms with E-state index in [-0.39, 0.29) is 29.1 Å². The summed E-state index contributed by atoms with van der Waals surface area (Å²) in [6.45, 7) is 0.488. The number of carbonyl (C=O) groups is 1. The Morgan fingerprint density at radius 3 is 2.69 bits per heavy atom. The summed E-state index contributed by atoms with van der Waals surface area (Å²) < 4.78 is 23.2. The van der Waals surface area contributed by atoms with Crippen LogP contribution < -0.4 is 5.32 Å². The van der Waals surface area contributed by atoms with E-state index in [1.165, 1.54) is 17.3 Å². The van der Waals surface area contributed by atoms with Gasteiger partial charge in [-0.05, 0) is 18.1 Å². The molecule has 1 saturated heterocycles. The average Bonchev–Trinajstić information content (AvgIpc) is 3.00. The van der Waals surface area contributed by atoms with Crippen molar-refractivity contribution in [2.75, 3.05) is 23.9 Å². The standard InChI is InChI=1S/C17H19ClN4O3S/c1-22(13-6-7-26(24,25)11-13)17(23)15-9-21-16(10-19-15)20-8-12-4-2-3-5-14(12)18/h2-5,9-10,13H,6-8,11H2,1H3,(H,20,21). The number of rotatable bonds is 5. The summed E-state index contributed by atoms with van der Waals surface area (Å²) >= 11 is 6.11. The molecule has 2 heterocycles. The van der Waals surface area contributed by atoms with E-state index in [1.807, 2.05) is 24.3 Å². The number of halogens is 1. The van der Waals surface area contributed by atoms with Gasteiger partial charge in [-0.1, -0.05) is 29.8 Å². The maximum Gasteiger partial charge on any atom is 0.274 e. The van der Waals surface area contributed by atoms with Crippen LogP contribution in [0.25, 0.3) is 0 Å². The van der Waals surface area contributed by atoms with E-state index in [0.29, 0.717) is 23.8 Å². The van der Waals surface area contributed by atoms with Crippen LogP contribution in [0.2, 0.25) is 5.02 Å². The molecule has 1 atom stereocenters. The number of benzene rings is 1. The molecule has 0 bridgehead atoms. The molecule has 7 nitrogen and oxygen atoms in total. The Kier molecular flexibility index (Phi) is 5.43. The highest BCUT2D eigenvalue weighted by Gasteiger charge is 2.33. The molecule has 1 aliphatic rings. The summed E-state index contributed by atoms with van der Waals surface area (Å²) in [6.07, 6.45) is 3.32. The van der Waals surface area contributed by atoms with E-state index in [4.69, 9.17) is 11.6 Å². The van der Waals surface area contributed by atoms with Gasteiger partial charge in [0.25, 0.3) is 5.91 Å². The van der Waals surface area contributed by atoms with Crippen molar-refractivity contribution in [2.24, 2.45) is 0 Å².